The molecule has 2 amide bonds. The number of anilines is 2. The lowest BCUT2D eigenvalue weighted by molar-refractivity contribution is 0.0985. The van der Waals surface area contributed by atoms with Crippen molar-refractivity contribution in [3.8, 4) is 11.4 Å². The van der Waals surface area contributed by atoms with E-state index >= 15 is 0 Å². The maximum Gasteiger partial charge on any atom is 0.318 e. The number of amides is 2. The van der Waals surface area contributed by atoms with Crippen molar-refractivity contribution < 1.29 is 18.6 Å². The number of carbonyl (C=O) groups is 1. The van der Waals surface area contributed by atoms with Gasteiger partial charge in [-0.15, -0.1) is 0 Å². The van der Waals surface area contributed by atoms with Gasteiger partial charge < -0.3 is 20.3 Å². The molecule has 9 nitrogen and oxygen atoms in total. The van der Waals surface area contributed by atoms with Crippen LogP contribution in [0.25, 0.3) is 11.4 Å². The maximum absolute atomic E-state index is 11.7. The third kappa shape index (κ3) is 4.87. The van der Waals surface area contributed by atoms with E-state index < -0.39 is 15.3 Å². The number of rotatable bonds is 6. The normalized spacial score (nSPS) is 19.3. The molecule has 1 aromatic heterocycles. The first kappa shape index (κ1) is 25.7. The lowest BCUT2D eigenvalue weighted by Crippen LogP contribution is -2.44. The van der Waals surface area contributed by atoms with E-state index in [-0.39, 0.29) is 12.1 Å². The molecular formula is C26H30ClN5O4S. The van der Waals surface area contributed by atoms with E-state index in [1.54, 1.807) is 43.4 Å². The molecule has 0 radical (unpaired) electrons. The number of aromatic nitrogens is 2. The minimum absolute atomic E-state index is 0.0996. The number of urea groups is 1. The summed E-state index contributed by atoms with van der Waals surface area (Å²) in [6, 6.07) is 15.8. The Labute approximate surface area is 222 Å². The summed E-state index contributed by atoms with van der Waals surface area (Å²) in [4.78, 5) is 23.9. The molecule has 1 saturated carbocycles. The molecule has 1 aliphatic heterocycles. The van der Waals surface area contributed by atoms with Crippen molar-refractivity contribution in [1.29, 1.82) is 0 Å². The fraction of sp³-hybridized carbons (Fsp3) is 0.346. The van der Waals surface area contributed by atoms with Crippen LogP contribution in [0, 0.1) is 0 Å². The monoisotopic (exact) mass is 543 g/mol. The van der Waals surface area contributed by atoms with Gasteiger partial charge in [0.05, 0.1) is 34.9 Å². The standard InChI is InChI=1S/C26H30ClN5O4S/c1-17-16-36-14-13-32(17)23-15-22(26(11-12-26)37(34,35)21-6-4-3-5-20(21)27)30-24(31-23)18-7-9-19(10-8-18)29-25(33)28-2/h3-10,15,17,34-35H,11-14,16H2,1-2H3,(H2,28,29,33)/t17-/m0/s1. The van der Waals surface area contributed by atoms with E-state index in [0.717, 1.165) is 5.56 Å². The number of hydrogen-bond donors (Lipinski definition) is 4. The lowest BCUT2D eigenvalue weighted by Gasteiger charge is -2.41. The van der Waals surface area contributed by atoms with E-state index in [4.69, 9.17) is 26.3 Å². The summed E-state index contributed by atoms with van der Waals surface area (Å²) in [5.74, 6) is 1.18. The average Bonchev–Trinajstić information content (AvgIpc) is 3.72. The number of ether oxygens (including phenoxy) is 1. The molecule has 4 N–H and O–H groups in total. The molecule has 11 heteroatoms. The van der Waals surface area contributed by atoms with Gasteiger partial charge in [0.25, 0.3) is 0 Å². The van der Waals surface area contributed by atoms with Crippen LogP contribution in [0.4, 0.5) is 16.3 Å². The fourth-order valence-corrected chi connectivity index (χ4v) is 7.15. The summed E-state index contributed by atoms with van der Waals surface area (Å²) in [6.45, 7) is 3.90. The molecule has 0 bridgehead atoms. The zero-order chi connectivity index (χ0) is 26.2. The van der Waals surface area contributed by atoms with Gasteiger partial charge in [0.1, 0.15) is 10.6 Å². The molecule has 37 heavy (non-hydrogen) atoms. The summed E-state index contributed by atoms with van der Waals surface area (Å²) in [6.07, 6.45) is 1.15. The van der Waals surface area contributed by atoms with Gasteiger partial charge in [0, 0.05) is 30.9 Å². The fourth-order valence-electron chi connectivity index (χ4n) is 4.59. The number of halogens is 1. The van der Waals surface area contributed by atoms with Crippen LogP contribution in [0.1, 0.15) is 25.5 Å². The van der Waals surface area contributed by atoms with Crippen molar-refractivity contribution in [2.45, 2.75) is 35.4 Å². The van der Waals surface area contributed by atoms with E-state index in [9.17, 15) is 13.9 Å². The molecule has 1 saturated heterocycles. The summed E-state index contributed by atoms with van der Waals surface area (Å²) in [7, 11) is -1.76. The number of carbonyl (C=O) groups excluding carboxylic acids is 1. The van der Waals surface area contributed by atoms with Gasteiger partial charge in [0.2, 0.25) is 0 Å². The molecule has 2 aromatic carbocycles. The van der Waals surface area contributed by atoms with Gasteiger partial charge in [-0.2, -0.15) is 10.6 Å². The number of benzene rings is 2. The van der Waals surface area contributed by atoms with E-state index in [2.05, 4.69) is 22.5 Å². The Morgan fingerprint density at radius 2 is 1.89 bits per heavy atom. The summed E-state index contributed by atoms with van der Waals surface area (Å²) < 4.78 is 27.8. The molecule has 0 unspecified atom stereocenters. The van der Waals surface area contributed by atoms with Crippen molar-refractivity contribution in [2.24, 2.45) is 0 Å². The SMILES string of the molecule is CNC(=O)Nc1ccc(-c2nc(N3CCOC[C@@H]3C)cc(C3(S(O)(O)c4ccccc4Cl)CC3)n2)cc1. The topological polar surface area (TPSA) is 120 Å². The van der Waals surface area contributed by atoms with Gasteiger partial charge in [-0.3, -0.25) is 9.11 Å². The van der Waals surface area contributed by atoms with Crippen molar-refractivity contribution in [3.05, 3.63) is 65.3 Å². The van der Waals surface area contributed by atoms with Crippen LogP contribution in [-0.4, -0.2) is 58.0 Å². The third-order valence-corrected chi connectivity index (χ3v) is 9.98. The van der Waals surface area contributed by atoms with Crippen LogP contribution in [0.2, 0.25) is 5.02 Å². The van der Waals surface area contributed by atoms with Crippen LogP contribution < -0.4 is 15.5 Å². The Hall–Kier alpha value is -2.89. The van der Waals surface area contributed by atoms with Gasteiger partial charge in [-0.1, -0.05) is 23.7 Å². The van der Waals surface area contributed by atoms with Crippen molar-refractivity contribution in [1.82, 2.24) is 15.3 Å². The Morgan fingerprint density at radius 1 is 1.16 bits per heavy atom. The van der Waals surface area contributed by atoms with Crippen LogP contribution in [0.15, 0.2) is 59.5 Å². The molecule has 2 heterocycles. The Morgan fingerprint density at radius 3 is 2.54 bits per heavy atom. The Kier molecular flexibility index (Phi) is 7.03. The molecule has 3 aromatic rings. The van der Waals surface area contributed by atoms with Crippen molar-refractivity contribution in [3.63, 3.8) is 0 Å². The zero-order valence-corrected chi connectivity index (χ0v) is 22.2. The number of morpholine rings is 1. The first-order chi connectivity index (χ1) is 17.7. The minimum atomic E-state index is -3.31. The molecule has 196 valence electrons. The second-order valence-corrected chi connectivity index (χ2v) is 12.0. The highest BCUT2D eigenvalue weighted by atomic mass is 35.5. The predicted octanol–water partition coefficient (Wildman–Crippen LogP) is 5.57. The number of hydrogen-bond acceptors (Lipinski definition) is 7. The van der Waals surface area contributed by atoms with Crippen molar-refractivity contribution >= 4 is 39.7 Å². The largest absolute Gasteiger partial charge is 0.377 e. The van der Waals surface area contributed by atoms with Gasteiger partial charge >= 0.3 is 6.03 Å². The van der Waals surface area contributed by atoms with Gasteiger partial charge in [0.15, 0.2) is 5.82 Å². The third-order valence-electron chi connectivity index (χ3n) is 6.86. The predicted molar refractivity (Wildman–Crippen MR) is 147 cm³/mol. The van der Waals surface area contributed by atoms with Crippen LogP contribution in [0.5, 0.6) is 0 Å². The molecule has 1 atom stereocenters. The first-order valence-corrected chi connectivity index (χ1v) is 14.0. The van der Waals surface area contributed by atoms with Crippen LogP contribution in [0.3, 0.4) is 0 Å². The van der Waals surface area contributed by atoms with Gasteiger partial charge in [-0.05, 0) is 56.2 Å². The summed E-state index contributed by atoms with van der Waals surface area (Å²) in [5.41, 5.74) is 1.96. The quantitative estimate of drug-likeness (QED) is 0.320. The Bertz CT molecular complexity index is 1300. The molecule has 2 aliphatic rings. The van der Waals surface area contributed by atoms with E-state index in [0.29, 0.717) is 65.5 Å². The summed E-state index contributed by atoms with van der Waals surface area (Å²) >= 11 is 6.40. The average molecular weight is 544 g/mol. The molecule has 1 aliphatic carbocycles. The summed E-state index contributed by atoms with van der Waals surface area (Å²) in [5, 5.41) is 5.59. The highest BCUT2D eigenvalue weighted by molar-refractivity contribution is 8.25. The molecular weight excluding hydrogens is 514 g/mol. The Balaban J connectivity index is 1.59. The zero-order valence-electron chi connectivity index (χ0n) is 20.6. The minimum Gasteiger partial charge on any atom is -0.377 e. The number of nitrogens with one attached hydrogen (secondary N) is 2. The second-order valence-electron chi connectivity index (χ2n) is 9.31. The van der Waals surface area contributed by atoms with E-state index in [1.807, 2.05) is 18.2 Å². The van der Waals surface area contributed by atoms with E-state index in [1.165, 1.54) is 0 Å². The second kappa shape index (κ2) is 10.1. The van der Waals surface area contributed by atoms with Gasteiger partial charge in [-0.25, -0.2) is 14.8 Å². The first-order valence-electron chi connectivity index (χ1n) is 12.1. The smallest absolute Gasteiger partial charge is 0.318 e. The maximum atomic E-state index is 11.7. The van der Waals surface area contributed by atoms with Crippen LogP contribution >= 0.6 is 22.2 Å². The lowest BCUT2D eigenvalue weighted by atomic mass is 10.1. The highest BCUT2D eigenvalue weighted by Crippen LogP contribution is 2.75. The molecule has 2 fully saturated rings. The number of nitrogens with zero attached hydrogens (tertiary/aromatic N) is 3. The van der Waals surface area contributed by atoms with Crippen LogP contribution in [-0.2, 0) is 9.48 Å². The molecule has 5 rings (SSSR count). The molecule has 0 spiro atoms. The highest BCUT2D eigenvalue weighted by Gasteiger charge is 2.58. The van der Waals surface area contributed by atoms with Crippen molar-refractivity contribution in [2.75, 3.05) is 37.0 Å².